The smallest absolute Gasteiger partial charge is 0.217 e. The molecular weight excluding hydrogens is 778 g/mol. The van der Waals surface area contributed by atoms with Gasteiger partial charge < -0.3 is 114 Å². The van der Waals surface area contributed by atoms with Crippen LogP contribution in [0.2, 0.25) is 0 Å². The lowest BCUT2D eigenvalue weighted by atomic mass is 9.95. The summed E-state index contributed by atoms with van der Waals surface area (Å²) >= 11 is 0. The van der Waals surface area contributed by atoms with E-state index in [1.165, 1.54) is 34.8 Å². The first-order valence-corrected chi connectivity index (χ1v) is 18.6. The molecule has 24 heteroatoms. The lowest BCUT2D eigenvalue weighted by Gasteiger charge is -2.51. The molecule has 5 fully saturated rings. The van der Waals surface area contributed by atoms with Crippen LogP contribution in [0.15, 0.2) is 0 Å². The van der Waals surface area contributed by atoms with E-state index >= 15 is 0 Å². The average molecular weight is 836 g/mol. The van der Waals surface area contributed by atoms with E-state index in [-0.39, 0.29) is 0 Å². The van der Waals surface area contributed by atoms with Crippen LogP contribution in [-0.4, -0.2) is 241 Å². The van der Waals surface area contributed by atoms with Gasteiger partial charge >= 0.3 is 0 Å². The molecule has 1 amide bonds. The van der Waals surface area contributed by atoms with Gasteiger partial charge in [0.05, 0.1) is 31.5 Å². The zero-order valence-electron chi connectivity index (χ0n) is 31.7. The number of rotatable bonds is 12. The van der Waals surface area contributed by atoms with Crippen LogP contribution in [0.4, 0.5) is 0 Å². The molecule has 0 spiro atoms. The number of ether oxygens (including phenoxy) is 10. The molecule has 0 saturated carbocycles. The van der Waals surface area contributed by atoms with Crippen molar-refractivity contribution < 1.29 is 113 Å². The Morgan fingerprint density at radius 3 is 1.46 bits per heavy atom. The van der Waals surface area contributed by atoms with E-state index in [0.717, 1.165) is 0 Å². The van der Waals surface area contributed by atoms with Gasteiger partial charge in [0.1, 0.15) is 104 Å². The number of amides is 1. The largest absolute Gasteiger partial charge is 0.394 e. The Labute approximate surface area is 326 Å². The highest BCUT2D eigenvalue weighted by molar-refractivity contribution is 5.73. The maximum atomic E-state index is 12.1. The minimum Gasteiger partial charge on any atom is -0.394 e. The molecule has 57 heavy (non-hydrogen) atoms. The molecule has 5 aliphatic heterocycles. The standard InChI is InChI=1S/C33H57NO23/c1-8-15(38)20(43)22(45)30(49-8)57-28-27(56-31-23(46)21(44)18(41)12(6-35)53-31)17(40)10(3)51-33(28)55-26-16(39)9(2)50-32(24(26)47)54-25-14(34-11(4)37)29(48-5)52-13(7-36)19(25)42/h8-10,12-33,35-36,38-47H,6-7H2,1-5H3,(H,34,37)/t8-,9-,10-,12+,13+,14+,15-,16-,17-,18+,19+,20+,21-,22+,23+,24+,25+,26+,27+,28+,29+,30-,31+,32-,33-/m0/s1. The highest BCUT2D eigenvalue weighted by atomic mass is 16.8. The van der Waals surface area contributed by atoms with Crippen molar-refractivity contribution in [3.05, 3.63) is 0 Å². The Hall–Kier alpha value is -1.41. The van der Waals surface area contributed by atoms with Crippen LogP contribution in [0.25, 0.3) is 0 Å². The molecule has 0 bridgehead atoms. The SMILES string of the molecule is CO[C@@H]1O[C@H](CO)[C@@H](O)[C@H](O[C@@H]2O[C@@H](C)[C@H](O)[C@@H](O[C@@H]3O[C@@H](C)[C@H](O)[C@@H](O[C@H]4O[C@H](CO)[C@@H](O)[C@H](O)[C@H]4O)[C@H]3O[C@@H]3O[C@@H](C)[C@H](O)[C@@H](O)[C@H]3O)[C@H]2O)[C@H]1NC(C)=O. The Morgan fingerprint density at radius 2 is 0.895 bits per heavy atom. The van der Waals surface area contributed by atoms with E-state index in [2.05, 4.69) is 5.32 Å². The lowest BCUT2D eigenvalue weighted by Crippen LogP contribution is -2.69. The first-order valence-electron chi connectivity index (χ1n) is 18.6. The zero-order chi connectivity index (χ0) is 42.2. The van der Waals surface area contributed by atoms with E-state index in [1.54, 1.807) is 0 Å². The van der Waals surface area contributed by atoms with Crippen LogP contribution in [-0.2, 0) is 52.2 Å². The monoisotopic (exact) mass is 835 g/mol. The molecule has 5 heterocycles. The van der Waals surface area contributed by atoms with Crippen LogP contribution in [0.1, 0.15) is 27.7 Å². The summed E-state index contributed by atoms with van der Waals surface area (Å²) in [6, 6.07) is -1.22. The average Bonchev–Trinajstić information content (AvgIpc) is 3.17. The predicted molar refractivity (Wildman–Crippen MR) is 179 cm³/mol. The van der Waals surface area contributed by atoms with Gasteiger partial charge in [-0.15, -0.1) is 0 Å². The molecule has 0 aliphatic carbocycles. The summed E-state index contributed by atoms with van der Waals surface area (Å²) in [5, 5.41) is 131. The highest BCUT2D eigenvalue weighted by Gasteiger charge is 2.57. The molecule has 5 aliphatic rings. The quantitative estimate of drug-likeness (QED) is 0.0868. The number of carbonyl (C=O) groups excluding carboxylic acids is 1. The summed E-state index contributed by atoms with van der Waals surface area (Å²) in [4.78, 5) is 12.1. The van der Waals surface area contributed by atoms with Gasteiger partial charge in [-0.2, -0.15) is 0 Å². The molecular formula is C33H57NO23. The molecule has 0 unspecified atom stereocenters. The van der Waals surface area contributed by atoms with Crippen molar-refractivity contribution in [1.82, 2.24) is 5.32 Å². The Kier molecular flexibility index (Phi) is 16.0. The molecule has 0 radical (unpaired) electrons. The van der Waals surface area contributed by atoms with Gasteiger partial charge in [-0.05, 0) is 20.8 Å². The molecule has 0 aromatic carbocycles. The number of carbonyl (C=O) groups is 1. The first kappa shape index (κ1) is 46.7. The number of hydrogen-bond donors (Lipinski definition) is 13. The van der Waals surface area contributed by atoms with Gasteiger partial charge in [0, 0.05) is 14.0 Å². The summed E-state index contributed by atoms with van der Waals surface area (Å²) in [7, 11) is 1.24. The number of aliphatic hydroxyl groups is 12. The van der Waals surface area contributed by atoms with Gasteiger partial charge in [-0.3, -0.25) is 4.79 Å². The molecule has 0 aromatic heterocycles. The van der Waals surface area contributed by atoms with Crippen molar-refractivity contribution in [1.29, 1.82) is 0 Å². The minimum atomic E-state index is -1.97. The fourth-order valence-corrected chi connectivity index (χ4v) is 7.41. The van der Waals surface area contributed by atoms with Crippen molar-refractivity contribution in [2.75, 3.05) is 20.3 Å². The number of aliphatic hydroxyl groups excluding tert-OH is 12. The maximum absolute atomic E-state index is 12.1. The second-order valence-electron chi connectivity index (χ2n) is 14.9. The van der Waals surface area contributed by atoms with Crippen molar-refractivity contribution in [3.63, 3.8) is 0 Å². The Bertz CT molecular complexity index is 1290. The normalized spacial score (nSPS) is 52.3. The number of hydrogen-bond acceptors (Lipinski definition) is 23. The number of nitrogens with one attached hydrogen (secondary N) is 1. The van der Waals surface area contributed by atoms with E-state index in [0.29, 0.717) is 0 Å². The van der Waals surface area contributed by atoms with Gasteiger partial charge in [0.15, 0.2) is 31.5 Å². The molecule has 13 N–H and O–H groups in total. The van der Waals surface area contributed by atoms with Crippen molar-refractivity contribution >= 4 is 5.91 Å². The summed E-state index contributed by atoms with van der Waals surface area (Å²) < 4.78 is 57.8. The minimum absolute atomic E-state index is 0.579. The second kappa shape index (κ2) is 19.5. The maximum Gasteiger partial charge on any atom is 0.217 e. The van der Waals surface area contributed by atoms with E-state index in [9.17, 15) is 66.1 Å². The van der Waals surface area contributed by atoms with Crippen molar-refractivity contribution in [2.45, 2.75) is 181 Å². The van der Waals surface area contributed by atoms with Crippen LogP contribution in [0, 0.1) is 0 Å². The van der Waals surface area contributed by atoms with E-state index in [1.807, 2.05) is 0 Å². The fourth-order valence-electron chi connectivity index (χ4n) is 7.41. The predicted octanol–water partition coefficient (Wildman–Crippen LogP) is -8.04. The molecule has 332 valence electrons. The molecule has 0 aromatic rings. The Morgan fingerprint density at radius 1 is 0.474 bits per heavy atom. The summed E-state index contributed by atoms with van der Waals surface area (Å²) in [5.74, 6) is -0.579. The van der Waals surface area contributed by atoms with Gasteiger partial charge in [-0.1, -0.05) is 0 Å². The third-order valence-electron chi connectivity index (χ3n) is 10.8. The third-order valence-corrected chi connectivity index (χ3v) is 10.8. The van der Waals surface area contributed by atoms with Gasteiger partial charge in [-0.25, -0.2) is 0 Å². The second-order valence-corrected chi connectivity index (χ2v) is 14.9. The molecule has 5 saturated heterocycles. The van der Waals surface area contributed by atoms with Gasteiger partial charge in [0.2, 0.25) is 5.91 Å². The fraction of sp³-hybridized carbons (Fsp3) is 0.970. The highest BCUT2D eigenvalue weighted by Crippen LogP contribution is 2.37. The van der Waals surface area contributed by atoms with Crippen LogP contribution < -0.4 is 5.32 Å². The van der Waals surface area contributed by atoms with Crippen molar-refractivity contribution in [2.24, 2.45) is 0 Å². The lowest BCUT2D eigenvalue weighted by molar-refractivity contribution is -0.404. The topological polar surface area (TPSA) is 364 Å². The van der Waals surface area contributed by atoms with Crippen LogP contribution in [0.3, 0.4) is 0 Å². The van der Waals surface area contributed by atoms with Crippen LogP contribution >= 0.6 is 0 Å². The zero-order valence-corrected chi connectivity index (χ0v) is 31.7. The molecule has 5 rings (SSSR count). The summed E-state index contributed by atoms with van der Waals surface area (Å²) in [5.41, 5.74) is 0. The summed E-state index contributed by atoms with van der Waals surface area (Å²) in [6.07, 6.45) is -39.4. The molecule has 25 atom stereocenters. The van der Waals surface area contributed by atoms with E-state index < -0.39 is 173 Å². The first-order chi connectivity index (χ1) is 26.8. The summed E-state index contributed by atoms with van der Waals surface area (Å²) in [6.45, 7) is 3.76. The third kappa shape index (κ3) is 9.73. The van der Waals surface area contributed by atoms with E-state index in [4.69, 9.17) is 47.4 Å². The Balaban J connectivity index is 1.46. The van der Waals surface area contributed by atoms with Crippen LogP contribution in [0.5, 0.6) is 0 Å². The van der Waals surface area contributed by atoms with Gasteiger partial charge in [0.25, 0.3) is 0 Å². The number of methoxy groups -OCH3 is 1. The van der Waals surface area contributed by atoms with Crippen molar-refractivity contribution in [3.8, 4) is 0 Å². The molecule has 24 nitrogen and oxygen atoms in total.